The Hall–Kier alpha value is 0.440. The number of hydrogen-bond acceptors (Lipinski definition) is 1. The molecule has 0 aromatic heterocycles. The first-order valence-electron chi connectivity index (χ1n) is 5.54. The van der Waals surface area contributed by atoms with E-state index in [1.807, 2.05) is 0 Å². The van der Waals surface area contributed by atoms with E-state index in [0.717, 1.165) is 4.83 Å². The van der Waals surface area contributed by atoms with Gasteiger partial charge in [0.05, 0.1) is 0 Å². The highest BCUT2D eigenvalue weighted by Crippen LogP contribution is 2.38. The van der Waals surface area contributed by atoms with E-state index in [9.17, 15) is 0 Å². The van der Waals surface area contributed by atoms with Gasteiger partial charge >= 0.3 is 0 Å². The summed E-state index contributed by atoms with van der Waals surface area (Å²) >= 11 is 3.70. The van der Waals surface area contributed by atoms with E-state index in [4.69, 9.17) is 0 Å². The molecule has 1 nitrogen and oxygen atoms in total. The second-order valence-electron chi connectivity index (χ2n) is 5.14. The fourth-order valence-corrected chi connectivity index (χ4v) is 3.47. The van der Waals surface area contributed by atoms with E-state index >= 15 is 0 Å². The molecule has 1 heterocycles. The number of alkyl halides is 1. The van der Waals surface area contributed by atoms with Crippen LogP contribution in [0.25, 0.3) is 0 Å². The highest BCUT2D eigenvalue weighted by Gasteiger charge is 2.32. The second kappa shape index (κ2) is 3.90. The first-order valence-corrected chi connectivity index (χ1v) is 6.46. The van der Waals surface area contributed by atoms with Crippen LogP contribution in [-0.4, -0.2) is 29.4 Å². The van der Waals surface area contributed by atoms with Crippen molar-refractivity contribution in [2.75, 3.05) is 19.6 Å². The van der Waals surface area contributed by atoms with Crippen LogP contribution in [0.4, 0.5) is 0 Å². The zero-order chi connectivity index (χ0) is 9.31. The van der Waals surface area contributed by atoms with Gasteiger partial charge < -0.3 is 4.90 Å². The predicted molar refractivity (Wildman–Crippen MR) is 60.3 cm³/mol. The number of rotatable bonds is 2. The number of likely N-dealkylation sites (tertiary alicyclic amines) is 1. The van der Waals surface area contributed by atoms with Crippen molar-refractivity contribution in [2.45, 2.75) is 43.9 Å². The van der Waals surface area contributed by atoms with Crippen molar-refractivity contribution in [3.63, 3.8) is 0 Å². The van der Waals surface area contributed by atoms with Gasteiger partial charge in [0.1, 0.15) is 0 Å². The second-order valence-corrected chi connectivity index (χ2v) is 6.43. The van der Waals surface area contributed by atoms with Crippen LogP contribution in [0.15, 0.2) is 0 Å². The van der Waals surface area contributed by atoms with Crippen LogP contribution in [0.2, 0.25) is 0 Å². The minimum Gasteiger partial charge on any atom is -0.302 e. The van der Waals surface area contributed by atoms with Gasteiger partial charge in [0, 0.05) is 17.9 Å². The van der Waals surface area contributed by atoms with Crippen LogP contribution >= 0.6 is 15.9 Å². The van der Waals surface area contributed by atoms with Gasteiger partial charge in [0.15, 0.2) is 0 Å². The maximum Gasteiger partial charge on any atom is 0.0285 e. The monoisotopic (exact) mass is 245 g/mol. The lowest BCUT2D eigenvalue weighted by Crippen LogP contribution is -2.32. The third-order valence-electron chi connectivity index (χ3n) is 3.63. The van der Waals surface area contributed by atoms with Crippen LogP contribution < -0.4 is 0 Å². The van der Waals surface area contributed by atoms with Gasteiger partial charge in [0.25, 0.3) is 0 Å². The zero-order valence-corrected chi connectivity index (χ0v) is 10.1. The van der Waals surface area contributed by atoms with Gasteiger partial charge in [-0.05, 0) is 31.2 Å². The molecule has 13 heavy (non-hydrogen) atoms. The standard InChI is InChI=1S/C11H20BrN/c1-11(5-2-3-6-11)9-13-7-4-10(12)8-13/h10H,2-9H2,1H3. The first-order chi connectivity index (χ1) is 6.18. The molecule has 1 atom stereocenters. The lowest BCUT2D eigenvalue weighted by atomic mass is 9.88. The Morgan fingerprint density at radius 2 is 2.08 bits per heavy atom. The summed E-state index contributed by atoms with van der Waals surface area (Å²) in [7, 11) is 0. The van der Waals surface area contributed by atoms with Crippen LogP contribution in [0.1, 0.15) is 39.0 Å². The summed E-state index contributed by atoms with van der Waals surface area (Å²) in [6.07, 6.45) is 7.17. The summed E-state index contributed by atoms with van der Waals surface area (Å²) in [6, 6.07) is 0. The molecular weight excluding hydrogens is 226 g/mol. The Labute approximate surface area is 90.0 Å². The fraction of sp³-hybridized carbons (Fsp3) is 1.00. The van der Waals surface area contributed by atoms with Crippen molar-refractivity contribution in [3.05, 3.63) is 0 Å². The van der Waals surface area contributed by atoms with Gasteiger partial charge in [-0.25, -0.2) is 0 Å². The summed E-state index contributed by atoms with van der Waals surface area (Å²) in [4.78, 5) is 3.41. The van der Waals surface area contributed by atoms with Crippen molar-refractivity contribution in [3.8, 4) is 0 Å². The lowest BCUT2D eigenvalue weighted by molar-refractivity contribution is 0.197. The molecule has 1 aliphatic carbocycles. The van der Waals surface area contributed by atoms with Crippen molar-refractivity contribution in [1.82, 2.24) is 4.90 Å². The van der Waals surface area contributed by atoms with Crippen molar-refractivity contribution >= 4 is 15.9 Å². The minimum absolute atomic E-state index is 0.650. The quantitative estimate of drug-likeness (QED) is 0.677. The van der Waals surface area contributed by atoms with Crippen molar-refractivity contribution in [1.29, 1.82) is 0 Å². The molecule has 0 spiro atoms. The molecule has 2 fully saturated rings. The van der Waals surface area contributed by atoms with E-state index in [0.29, 0.717) is 5.41 Å². The van der Waals surface area contributed by atoms with Crippen LogP contribution in [0.5, 0.6) is 0 Å². The van der Waals surface area contributed by atoms with Gasteiger partial charge in [-0.3, -0.25) is 0 Å². The molecule has 0 radical (unpaired) electrons. The van der Waals surface area contributed by atoms with E-state index in [2.05, 4.69) is 27.8 Å². The summed E-state index contributed by atoms with van der Waals surface area (Å²) in [5, 5.41) is 0. The van der Waals surface area contributed by atoms with E-state index < -0.39 is 0 Å². The zero-order valence-electron chi connectivity index (χ0n) is 8.56. The van der Waals surface area contributed by atoms with Crippen molar-refractivity contribution < 1.29 is 0 Å². The van der Waals surface area contributed by atoms with Crippen LogP contribution in [-0.2, 0) is 0 Å². The summed E-state index contributed by atoms with van der Waals surface area (Å²) in [5.41, 5.74) is 0.650. The number of hydrogen-bond donors (Lipinski definition) is 0. The SMILES string of the molecule is CC1(CN2CCC(Br)C2)CCCC1. The van der Waals surface area contributed by atoms with Gasteiger partial charge in [-0.1, -0.05) is 35.7 Å². The molecule has 2 rings (SSSR count). The van der Waals surface area contributed by atoms with E-state index in [-0.39, 0.29) is 0 Å². The van der Waals surface area contributed by atoms with E-state index in [1.54, 1.807) is 0 Å². The topological polar surface area (TPSA) is 3.24 Å². The Kier molecular flexibility index (Phi) is 2.99. The van der Waals surface area contributed by atoms with Gasteiger partial charge in [-0.15, -0.1) is 0 Å². The van der Waals surface area contributed by atoms with Crippen LogP contribution in [0, 0.1) is 5.41 Å². The number of halogens is 1. The highest BCUT2D eigenvalue weighted by atomic mass is 79.9. The smallest absolute Gasteiger partial charge is 0.0285 e. The normalized spacial score (nSPS) is 34.2. The molecule has 0 N–H and O–H groups in total. The Morgan fingerprint density at radius 1 is 1.38 bits per heavy atom. The average molecular weight is 246 g/mol. The first kappa shape index (κ1) is 9.97. The molecule has 1 saturated carbocycles. The van der Waals surface area contributed by atoms with Gasteiger partial charge in [-0.2, -0.15) is 0 Å². The molecule has 0 aromatic rings. The summed E-state index contributed by atoms with van der Waals surface area (Å²) in [5.74, 6) is 0. The molecule has 0 amide bonds. The molecular formula is C11H20BrN. The molecule has 76 valence electrons. The predicted octanol–water partition coefficient (Wildman–Crippen LogP) is 3.04. The van der Waals surface area contributed by atoms with Gasteiger partial charge in [0.2, 0.25) is 0 Å². The lowest BCUT2D eigenvalue weighted by Gasteiger charge is -2.29. The fourth-order valence-electron chi connectivity index (χ4n) is 2.86. The Bertz CT molecular complexity index is 175. The molecule has 1 unspecified atom stereocenters. The van der Waals surface area contributed by atoms with Crippen molar-refractivity contribution in [2.24, 2.45) is 5.41 Å². The minimum atomic E-state index is 0.650. The maximum atomic E-state index is 3.70. The molecule has 2 heteroatoms. The molecule has 2 aliphatic rings. The third-order valence-corrected chi connectivity index (χ3v) is 4.38. The largest absolute Gasteiger partial charge is 0.302 e. The summed E-state index contributed by atoms with van der Waals surface area (Å²) in [6.45, 7) is 6.40. The molecule has 1 saturated heterocycles. The maximum absolute atomic E-state index is 3.70. The van der Waals surface area contributed by atoms with E-state index in [1.165, 1.54) is 51.7 Å². The average Bonchev–Trinajstić information content (AvgIpc) is 2.62. The molecule has 0 bridgehead atoms. The highest BCUT2D eigenvalue weighted by molar-refractivity contribution is 9.09. The Morgan fingerprint density at radius 3 is 2.62 bits per heavy atom. The van der Waals surface area contributed by atoms with Crippen LogP contribution in [0.3, 0.4) is 0 Å². The molecule has 1 aliphatic heterocycles. The third kappa shape index (κ3) is 2.47. The number of nitrogens with zero attached hydrogens (tertiary/aromatic N) is 1. The Balaban J connectivity index is 1.83. The molecule has 0 aromatic carbocycles. The summed E-state index contributed by atoms with van der Waals surface area (Å²) < 4.78 is 0.